The molecule has 1 N–H and O–H groups in total. The van der Waals surface area contributed by atoms with Crippen LogP contribution in [0.3, 0.4) is 0 Å². The van der Waals surface area contributed by atoms with Crippen LogP contribution in [0.2, 0.25) is 0 Å². The van der Waals surface area contributed by atoms with E-state index >= 15 is 0 Å². The van der Waals surface area contributed by atoms with Crippen LogP contribution in [0.4, 0.5) is 0 Å². The van der Waals surface area contributed by atoms with Crippen LogP contribution in [0.15, 0.2) is 0 Å². The Morgan fingerprint density at radius 3 is 2.53 bits per heavy atom. The van der Waals surface area contributed by atoms with Crippen molar-refractivity contribution in [2.24, 2.45) is 5.41 Å². The summed E-state index contributed by atoms with van der Waals surface area (Å²) in [6.45, 7) is 14.0. The number of aryl methyl sites for hydroxylation is 2. The van der Waals surface area contributed by atoms with Crippen LogP contribution >= 0.6 is 0 Å². The fraction of sp³-hybridized carbons (Fsp3) is 0.733. The van der Waals surface area contributed by atoms with Crippen molar-refractivity contribution < 1.29 is 0 Å². The highest BCUT2D eigenvalue weighted by molar-refractivity contribution is 5.24. The minimum Gasteiger partial charge on any atom is -0.310 e. The SMILES string of the molecule is Cc1nn(CCC(C)(C)C#N)c(C)c1CNC(C)C. The quantitative estimate of drug-likeness (QED) is 0.857. The number of hydrogen-bond acceptors (Lipinski definition) is 3. The van der Waals surface area contributed by atoms with Crippen LogP contribution in [-0.4, -0.2) is 15.8 Å². The molecular weight excluding hydrogens is 236 g/mol. The van der Waals surface area contributed by atoms with Crippen molar-refractivity contribution in [3.63, 3.8) is 0 Å². The Bertz CT molecular complexity index is 463. The van der Waals surface area contributed by atoms with Gasteiger partial charge >= 0.3 is 0 Å². The Hall–Kier alpha value is -1.34. The van der Waals surface area contributed by atoms with Crippen LogP contribution in [0.5, 0.6) is 0 Å². The first kappa shape index (κ1) is 15.7. The average molecular weight is 262 g/mol. The van der Waals surface area contributed by atoms with Gasteiger partial charge < -0.3 is 5.32 Å². The fourth-order valence-corrected chi connectivity index (χ4v) is 1.96. The van der Waals surface area contributed by atoms with Gasteiger partial charge in [-0.1, -0.05) is 13.8 Å². The monoisotopic (exact) mass is 262 g/mol. The van der Waals surface area contributed by atoms with E-state index < -0.39 is 0 Å². The van der Waals surface area contributed by atoms with E-state index in [0.29, 0.717) is 6.04 Å². The van der Waals surface area contributed by atoms with E-state index in [1.54, 1.807) is 0 Å². The molecule has 0 saturated heterocycles. The van der Waals surface area contributed by atoms with E-state index in [2.05, 4.69) is 44.2 Å². The molecule has 4 nitrogen and oxygen atoms in total. The highest BCUT2D eigenvalue weighted by Gasteiger charge is 2.18. The lowest BCUT2D eigenvalue weighted by atomic mass is 9.91. The summed E-state index contributed by atoms with van der Waals surface area (Å²) >= 11 is 0. The van der Waals surface area contributed by atoms with Gasteiger partial charge in [0.25, 0.3) is 0 Å². The minimum absolute atomic E-state index is 0.289. The van der Waals surface area contributed by atoms with Gasteiger partial charge in [-0.25, -0.2) is 0 Å². The molecule has 0 unspecified atom stereocenters. The van der Waals surface area contributed by atoms with E-state index in [9.17, 15) is 0 Å². The van der Waals surface area contributed by atoms with Gasteiger partial charge in [0, 0.05) is 30.4 Å². The Kier molecular flexibility index (Phi) is 5.13. The highest BCUT2D eigenvalue weighted by atomic mass is 15.3. The number of nitriles is 1. The van der Waals surface area contributed by atoms with E-state index in [4.69, 9.17) is 5.26 Å². The van der Waals surface area contributed by atoms with Crippen molar-refractivity contribution in [2.45, 2.75) is 67.1 Å². The van der Waals surface area contributed by atoms with Crippen molar-refractivity contribution in [3.05, 3.63) is 17.0 Å². The minimum atomic E-state index is -0.289. The van der Waals surface area contributed by atoms with Gasteiger partial charge in [-0.3, -0.25) is 4.68 Å². The van der Waals surface area contributed by atoms with E-state index in [-0.39, 0.29) is 5.41 Å². The molecule has 1 heterocycles. The normalized spacial score (nSPS) is 11.9. The van der Waals surface area contributed by atoms with Gasteiger partial charge in [0.2, 0.25) is 0 Å². The second-order valence-electron chi connectivity index (χ2n) is 6.15. The Morgan fingerprint density at radius 2 is 2.00 bits per heavy atom. The maximum Gasteiger partial charge on any atom is 0.0684 e. The molecule has 106 valence electrons. The second kappa shape index (κ2) is 6.21. The van der Waals surface area contributed by atoms with Gasteiger partial charge in [-0.05, 0) is 34.1 Å². The Morgan fingerprint density at radius 1 is 1.37 bits per heavy atom. The third-order valence-electron chi connectivity index (χ3n) is 3.47. The molecule has 1 aromatic rings. The van der Waals surface area contributed by atoms with Gasteiger partial charge in [0.05, 0.1) is 17.2 Å². The number of rotatable bonds is 6. The van der Waals surface area contributed by atoms with Crippen molar-refractivity contribution >= 4 is 0 Å². The molecule has 1 aromatic heterocycles. The summed E-state index contributed by atoms with van der Waals surface area (Å²) in [4.78, 5) is 0. The first-order valence-electron chi connectivity index (χ1n) is 6.94. The highest BCUT2D eigenvalue weighted by Crippen LogP contribution is 2.21. The molecule has 0 spiro atoms. The maximum absolute atomic E-state index is 9.06. The lowest BCUT2D eigenvalue weighted by Crippen LogP contribution is -2.22. The lowest BCUT2D eigenvalue weighted by Gasteiger charge is -2.15. The van der Waals surface area contributed by atoms with E-state index in [1.165, 1.54) is 11.3 Å². The summed E-state index contributed by atoms with van der Waals surface area (Å²) in [5, 5.41) is 17.1. The molecule has 0 fully saturated rings. The molecule has 0 saturated carbocycles. The third-order valence-corrected chi connectivity index (χ3v) is 3.47. The number of nitrogens with one attached hydrogen (secondary N) is 1. The standard InChI is InChI=1S/C15H26N4/c1-11(2)17-9-14-12(3)18-19(13(14)4)8-7-15(5,6)10-16/h11,17H,7-9H2,1-6H3. The first-order chi connectivity index (χ1) is 8.76. The van der Waals surface area contributed by atoms with Crippen molar-refractivity contribution in [1.29, 1.82) is 5.26 Å². The maximum atomic E-state index is 9.06. The zero-order chi connectivity index (χ0) is 14.6. The molecule has 4 heteroatoms. The van der Waals surface area contributed by atoms with E-state index in [1.807, 2.05) is 18.5 Å². The fourth-order valence-electron chi connectivity index (χ4n) is 1.96. The second-order valence-corrected chi connectivity index (χ2v) is 6.15. The molecule has 0 bridgehead atoms. The molecule has 0 aliphatic heterocycles. The summed E-state index contributed by atoms with van der Waals surface area (Å²) in [5.41, 5.74) is 3.28. The van der Waals surface area contributed by atoms with Crippen LogP contribution in [0.25, 0.3) is 0 Å². The van der Waals surface area contributed by atoms with Crippen LogP contribution < -0.4 is 5.32 Å². The van der Waals surface area contributed by atoms with Crippen molar-refractivity contribution in [1.82, 2.24) is 15.1 Å². The van der Waals surface area contributed by atoms with Gasteiger partial charge in [-0.2, -0.15) is 10.4 Å². The molecule has 0 atom stereocenters. The molecule has 0 amide bonds. The predicted octanol–water partition coefficient (Wildman–Crippen LogP) is 2.94. The lowest BCUT2D eigenvalue weighted by molar-refractivity contribution is 0.395. The summed E-state index contributed by atoms with van der Waals surface area (Å²) in [7, 11) is 0. The largest absolute Gasteiger partial charge is 0.310 e. The Balaban J connectivity index is 2.77. The summed E-state index contributed by atoms with van der Waals surface area (Å²) < 4.78 is 2.03. The molecule has 0 aliphatic rings. The van der Waals surface area contributed by atoms with Crippen LogP contribution in [0.1, 0.15) is 51.1 Å². The Labute approximate surface area is 116 Å². The number of aromatic nitrogens is 2. The number of nitrogens with zero attached hydrogens (tertiary/aromatic N) is 3. The average Bonchev–Trinajstić information content (AvgIpc) is 2.60. The molecule has 0 aromatic carbocycles. The summed E-state index contributed by atoms with van der Waals surface area (Å²) in [5.74, 6) is 0. The van der Waals surface area contributed by atoms with Crippen LogP contribution in [0, 0.1) is 30.6 Å². The first-order valence-corrected chi connectivity index (χ1v) is 6.94. The third kappa shape index (κ3) is 4.36. The zero-order valence-electron chi connectivity index (χ0n) is 13.0. The van der Waals surface area contributed by atoms with Crippen molar-refractivity contribution in [3.8, 4) is 6.07 Å². The summed E-state index contributed by atoms with van der Waals surface area (Å²) in [6.07, 6.45) is 0.822. The molecule has 0 radical (unpaired) electrons. The van der Waals surface area contributed by atoms with Gasteiger partial charge in [0.1, 0.15) is 0 Å². The molecule has 1 rings (SSSR count). The predicted molar refractivity (Wildman–Crippen MR) is 77.7 cm³/mol. The van der Waals surface area contributed by atoms with Crippen molar-refractivity contribution in [2.75, 3.05) is 0 Å². The topological polar surface area (TPSA) is 53.6 Å². The van der Waals surface area contributed by atoms with Gasteiger partial charge in [-0.15, -0.1) is 0 Å². The molecular formula is C15H26N4. The molecule has 0 aliphatic carbocycles. The van der Waals surface area contributed by atoms with E-state index in [0.717, 1.165) is 25.2 Å². The number of hydrogen-bond donors (Lipinski definition) is 1. The zero-order valence-corrected chi connectivity index (χ0v) is 13.0. The smallest absolute Gasteiger partial charge is 0.0684 e. The van der Waals surface area contributed by atoms with Gasteiger partial charge in [0.15, 0.2) is 0 Å². The van der Waals surface area contributed by atoms with Crippen LogP contribution in [-0.2, 0) is 13.1 Å². The molecule has 19 heavy (non-hydrogen) atoms. The summed E-state index contributed by atoms with van der Waals surface area (Å²) in [6, 6.07) is 2.81.